The Morgan fingerprint density at radius 1 is 1.25 bits per heavy atom. The second-order valence-corrected chi connectivity index (χ2v) is 9.30. The summed E-state index contributed by atoms with van der Waals surface area (Å²) in [5, 5.41) is 0.500. The number of benzene rings is 2. The van der Waals surface area contributed by atoms with E-state index in [0.717, 1.165) is 23.1 Å². The molecular weight excluding hydrogens is 398 g/mol. The van der Waals surface area contributed by atoms with E-state index in [-0.39, 0.29) is 16.9 Å². The highest BCUT2D eigenvalue weighted by molar-refractivity contribution is 7.89. The normalized spacial score (nSPS) is 16.5. The summed E-state index contributed by atoms with van der Waals surface area (Å²) in [6, 6.07) is 10.2. The van der Waals surface area contributed by atoms with Gasteiger partial charge in [0.25, 0.3) is 0 Å². The molecule has 1 unspecified atom stereocenters. The minimum Gasteiger partial charge on any atom is -0.469 e. The van der Waals surface area contributed by atoms with E-state index < -0.39 is 10.0 Å². The first-order valence-corrected chi connectivity index (χ1v) is 11.1. The van der Waals surface area contributed by atoms with Crippen molar-refractivity contribution < 1.29 is 17.9 Å². The third-order valence-electron chi connectivity index (χ3n) is 5.06. The van der Waals surface area contributed by atoms with Crippen molar-refractivity contribution in [1.29, 1.82) is 0 Å². The zero-order chi connectivity index (χ0) is 20.3. The zero-order valence-electron chi connectivity index (χ0n) is 16.0. The molecule has 0 bridgehead atoms. The van der Waals surface area contributed by atoms with Crippen LogP contribution in [0.4, 0.5) is 0 Å². The van der Waals surface area contributed by atoms with Crippen LogP contribution in [0.5, 0.6) is 0 Å². The van der Waals surface area contributed by atoms with Gasteiger partial charge in [0.05, 0.1) is 12.0 Å². The number of fused-ring (bicyclic) bond motifs is 1. The Morgan fingerprint density at radius 2 is 1.96 bits per heavy atom. The van der Waals surface area contributed by atoms with Crippen LogP contribution in [-0.2, 0) is 38.8 Å². The molecule has 5 nitrogen and oxygen atoms in total. The Labute approximate surface area is 171 Å². The molecule has 2 aromatic rings. The van der Waals surface area contributed by atoms with E-state index in [1.807, 2.05) is 6.92 Å². The van der Waals surface area contributed by atoms with Crippen molar-refractivity contribution in [3.8, 4) is 0 Å². The minimum atomic E-state index is -3.59. The van der Waals surface area contributed by atoms with Crippen molar-refractivity contribution in [2.45, 2.75) is 50.0 Å². The molecular formula is C21H24ClNO4S. The second kappa shape index (κ2) is 8.64. The lowest BCUT2D eigenvalue weighted by molar-refractivity contribution is -0.140. The Bertz CT molecular complexity index is 971. The van der Waals surface area contributed by atoms with Gasteiger partial charge in [-0.3, -0.25) is 4.79 Å². The molecule has 0 aromatic heterocycles. The van der Waals surface area contributed by atoms with Gasteiger partial charge in [-0.1, -0.05) is 29.3 Å². The summed E-state index contributed by atoms with van der Waals surface area (Å²) in [6.45, 7) is 2.02. The maximum absolute atomic E-state index is 12.7. The summed E-state index contributed by atoms with van der Waals surface area (Å²) in [7, 11) is -2.20. The van der Waals surface area contributed by atoms with Crippen LogP contribution in [-0.4, -0.2) is 27.5 Å². The number of hydrogen-bond donors (Lipinski definition) is 1. The smallest absolute Gasteiger partial charge is 0.305 e. The number of esters is 1. The van der Waals surface area contributed by atoms with Gasteiger partial charge < -0.3 is 4.74 Å². The van der Waals surface area contributed by atoms with Crippen LogP contribution >= 0.6 is 11.6 Å². The predicted molar refractivity (Wildman–Crippen MR) is 109 cm³/mol. The molecule has 150 valence electrons. The summed E-state index contributed by atoms with van der Waals surface area (Å²) < 4.78 is 32.9. The average molecular weight is 422 g/mol. The molecule has 0 amide bonds. The topological polar surface area (TPSA) is 72.5 Å². The number of sulfonamides is 1. The van der Waals surface area contributed by atoms with Gasteiger partial charge in [-0.15, -0.1) is 0 Å². The highest BCUT2D eigenvalue weighted by Crippen LogP contribution is 2.28. The fraction of sp³-hybridized carbons (Fsp3) is 0.381. The Balaban J connectivity index is 1.76. The first kappa shape index (κ1) is 20.8. The van der Waals surface area contributed by atoms with Crippen LogP contribution < -0.4 is 4.72 Å². The van der Waals surface area contributed by atoms with Gasteiger partial charge >= 0.3 is 5.97 Å². The van der Waals surface area contributed by atoms with Gasteiger partial charge in [0.15, 0.2) is 0 Å². The summed E-state index contributed by atoms with van der Waals surface area (Å²) in [4.78, 5) is 11.7. The van der Waals surface area contributed by atoms with Crippen molar-refractivity contribution in [3.63, 3.8) is 0 Å². The van der Waals surface area contributed by atoms with E-state index in [1.54, 1.807) is 12.1 Å². The molecule has 0 fully saturated rings. The Hall–Kier alpha value is -1.89. The number of nitrogens with one attached hydrogen (secondary N) is 1. The van der Waals surface area contributed by atoms with Gasteiger partial charge in [-0.25, -0.2) is 13.1 Å². The molecule has 1 N–H and O–H groups in total. The van der Waals surface area contributed by atoms with Crippen molar-refractivity contribution in [2.75, 3.05) is 7.11 Å². The van der Waals surface area contributed by atoms with E-state index >= 15 is 0 Å². The average Bonchev–Trinajstić information content (AvgIpc) is 2.65. The first-order valence-electron chi connectivity index (χ1n) is 9.24. The van der Waals surface area contributed by atoms with Gasteiger partial charge in [0.2, 0.25) is 10.0 Å². The monoisotopic (exact) mass is 421 g/mol. The molecule has 2 aromatic carbocycles. The molecule has 0 saturated carbocycles. The molecule has 0 saturated heterocycles. The van der Waals surface area contributed by atoms with Crippen molar-refractivity contribution in [1.82, 2.24) is 4.72 Å². The van der Waals surface area contributed by atoms with Crippen molar-refractivity contribution >= 4 is 27.6 Å². The zero-order valence-corrected chi connectivity index (χ0v) is 17.6. The fourth-order valence-corrected chi connectivity index (χ4v) is 5.12. The molecule has 28 heavy (non-hydrogen) atoms. The number of ether oxygens (including phenoxy) is 1. The number of hydrogen-bond acceptors (Lipinski definition) is 4. The number of methoxy groups -OCH3 is 1. The van der Waals surface area contributed by atoms with E-state index in [4.69, 9.17) is 16.3 Å². The molecule has 1 atom stereocenters. The van der Waals surface area contributed by atoms with Crippen molar-refractivity contribution in [3.05, 3.63) is 63.7 Å². The van der Waals surface area contributed by atoms with Gasteiger partial charge in [0, 0.05) is 17.5 Å². The van der Waals surface area contributed by atoms with Crippen LogP contribution in [0.25, 0.3) is 0 Å². The lowest BCUT2D eigenvalue weighted by atomic mass is 9.83. The number of carbonyl (C=O) groups excluding carboxylic acids is 1. The van der Waals surface area contributed by atoms with E-state index in [9.17, 15) is 13.2 Å². The molecule has 0 radical (unpaired) electrons. The van der Waals surface area contributed by atoms with Gasteiger partial charge in [0.1, 0.15) is 0 Å². The summed E-state index contributed by atoms with van der Waals surface area (Å²) in [5.41, 5.74) is 4.64. The molecule has 7 heteroatoms. The molecule has 0 aliphatic heterocycles. The molecule has 0 heterocycles. The van der Waals surface area contributed by atoms with E-state index in [0.29, 0.717) is 30.7 Å². The third-order valence-corrected chi connectivity index (χ3v) is 6.85. The lowest BCUT2D eigenvalue weighted by Gasteiger charge is -2.27. The number of aryl methyl sites for hydroxylation is 2. The largest absolute Gasteiger partial charge is 0.469 e. The van der Waals surface area contributed by atoms with Crippen LogP contribution in [0.15, 0.2) is 41.3 Å². The SMILES string of the molecule is COC(=O)CCc1cc(C)cc2c1CCC(NS(=O)(=O)c1ccc(Cl)cc1)C2. The molecule has 0 spiro atoms. The van der Waals surface area contributed by atoms with Gasteiger partial charge in [-0.2, -0.15) is 0 Å². The van der Waals surface area contributed by atoms with Crippen LogP contribution in [0, 0.1) is 6.92 Å². The standard InChI is InChI=1S/C21H24ClNO4S/c1-14-11-15(3-10-21(24)27-2)20-9-6-18(13-16(20)12-14)23-28(25,26)19-7-4-17(22)5-8-19/h4-5,7-8,11-12,18,23H,3,6,9-10,13H2,1-2H3. The minimum absolute atomic E-state index is 0.163. The fourth-order valence-electron chi connectivity index (χ4n) is 3.72. The maximum Gasteiger partial charge on any atom is 0.305 e. The van der Waals surface area contributed by atoms with Crippen molar-refractivity contribution in [2.24, 2.45) is 0 Å². The molecule has 3 rings (SSSR count). The summed E-state index contributed by atoms with van der Waals surface area (Å²) in [6.07, 6.45) is 3.11. The number of rotatable bonds is 6. The third kappa shape index (κ3) is 4.93. The van der Waals surface area contributed by atoms with Crippen LogP contribution in [0.3, 0.4) is 0 Å². The van der Waals surface area contributed by atoms with E-state index in [2.05, 4.69) is 16.9 Å². The lowest BCUT2D eigenvalue weighted by Crippen LogP contribution is -2.39. The number of carbonyl (C=O) groups is 1. The predicted octanol–water partition coefficient (Wildman–Crippen LogP) is 3.59. The highest BCUT2D eigenvalue weighted by Gasteiger charge is 2.26. The quantitative estimate of drug-likeness (QED) is 0.723. The van der Waals surface area contributed by atoms with Crippen LogP contribution in [0.1, 0.15) is 35.1 Å². The molecule has 1 aliphatic carbocycles. The number of halogens is 1. The summed E-state index contributed by atoms with van der Waals surface area (Å²) >= 11 is 5.85. The highest BCUT2D eigenvalue weighted by atomic mass is 35.5. The summed E-state index contributed by atoms with van der Waals surface area (Å²) in [5.74, 6) is -0.223. The second-order valence-electron chi connectivity index (χ2n) is 7.15. The Morgan fingerprint density at radius 3 is 2.64 bits per heavy atom. The van der Waals surface area contributed by atoms with Gasteiger partial charge in [-0.05, 0) is 73.6 Å². The Kier molecular flexibility index (Phi) is 6.43. The molecule has 1 aliphatic rings. The van der Waals surface area contributed by atoms with Crippen LogP contribution in [0.2, 0.25) is 5.02 Å². The van der Waals surface area contributed by atoms with E-state index in [1.165, 1.54) is 24.8 Å². The first-order chi connectivity index (χ1) is 13.3. The maximum atomic E-state index is 12.7.